The first-order valence-corrected chi connectivity index (χ1v) is 14.5. The van der Waals surface area contributed by atoms with Crippen LogP contribution in [-0.2, 0) is 9.22 Å². The Hall–Kier alpha value is -1.54. The van der Waals surface area contributed by atoms with E-state index in [0.29, 0.717) is 6.61 Å². The lowest BCUT2D eigenvalue weighted by atomic mass is 10.0. The number of aryl methyl sites for hydroxylation is 1. The number of hydrogen-bond acceptors (Lipinski definition) is 5. The summed E-state index contributed by atoms with van der Waals surface area (Å²) < 4.78 is 6.61. The van der Waals surface area contributed by atoms with Crippen LogP contribution in [0.2, 0.25) is 18.1 Å². The number of carbonyl (C=O) groups is 1. The van der Waals surface area contributed by atoms with E-state index < -0.39 is 8.32 Å². The van der Waals surface area contributed by atoms with Crippen molar-refractivity contribution in [1.29, 1.82) is 0 Å². The highest BCUT2D eigenvalue weighted by atomic mass is 32.1. The number of primary amides is 1. The fourth-order valence-corrected chi connectivity index (χ4v) is 5.61. The molecule has 0 spiro atoms. The topological polar surface area (TPSA) is 68.4 Å². The minimum atomic E-state index is -1.91. The zero-order valence-electron chi connectivity index (χ0n) is 19.1. The lowest BCUT2D eigenvalue weighted by Gasteiger charge is -2.39. The second kappa shape index (κ2) is 8.90. The number of amides is 1. The van der Waals surface area contributed by atoms with Gasteiger partial charge in [-0.05, 0) is 55.6 Å². The molecule has 0 saturated carbocycles. The summed E-state index contributed by atoms with van der Waals surface area (Å²) in [5, 5.41) is 0.138. The van der Waals surface area contributed by atoms with Crippen molar-refractivity contribution in [2.24, 2.45) is 5.73 Å². The smallest absolute Gasteiger partial charge is 0.234 e. The van der Waals surface area contributed by atoms with Crippen molar-refractivity contribution in [3.05, 3.63) is 41.0 Å². The molecule has 1 unspecified atom stereocenters. The van der Waals surface area contributed by atoms with Crippen LogP contribution in [0.1, 0.15) is 50.9 Å². The molecule has 2 atom stereocenters. The fraction of sp³-hybridized carbons (Fsp3) is 0.565. The standard InChI is InChI=1S/C23H35N3O2SSi/c1-16-21(29-15-25-16)18-11-9-17(10-12-18)20(14-28-30(5,6)23(2,3)4)26-13-7-8-19(26)22(24)27/h9-12,15,19-20H,7-8,13-14H2,1-6H3,(H2,24,27)/t19?,20-/m0/s1. The average molecular weight is 446 g/mol. The summed E-state index contributed by atoms with van der Waals surface area (Å²) in [6, 6.07) is 8.46. The van der Waals surface area contributed by atoms with E-state index in [0.717, 1.165) is 25.1 Å². The normalized spacial score (nSPS) is 19.2. The third kappa shape index (κ3) is 4.85. The van der Waals surface area contributed by atoms with Crippen LogP contribution in [0.3, 0.4) is 0 Å². The lowest BCUT2D eigenvalue weighted by molar-refractivity contribution is -0.123. The average Bonchev–Trinajstić information content (AvgIpc) is 3.31. The van der Waals surface area contributed by atoms with E-state index in [-0.39, 0.29) is 23.0 Å². The maximum atomic E-state index is 12.1. The Morgan fingerprint density at radius 3 is 2.53 bits per heavy atom. The molecule has 2 N–H and O–H groups in total. The molecular formula is C23H35N3O2SSi. The number of carbonyl (C=O) groups excluding carboxylic acids is 1. The summed E-state index contributed by atoms with van der Waals surface area (Å²) in [5.41, 5.74) is 11.0. The molecule has 3 rings (SSSR count). The summed E-state index contributed by atoms with van der Waals surface area (Å²) in [7, 11) is -1.91. The number of nitrogens with zero attached hydrogens (tertiary/aromatic N) is 2. The van der Waals surface area contributed by atoms with Crippen molar-refractivity contribution in [3.8, 4) is 10.4 Å². The van der Waals surface area contributed by atoms with Gasteiger partial charge in [0, 0.05) is 0 Å². The van der Waals surface area contributed by atoms with Crippen molar-refractivity contribution in [2.75, 3.05) is 13.2 Å². The minimum Gasteiger partial charge on any atom is -0.415 e. The van der Waals surface area contributed by atoms with Crippen LogP contribution in [-0.4, -0.2) is 43.3 Å². The largest absolute Gasteiger partial charge is 0.415 e. The van der Waals surface area contributed by atoms with E-state index in [2.05, 4.69) is 68.0 Å². The van der Waals surface area contributed by atoms with E-state index in [1.54, 1.807) is 11.3 Å². The van der Waals surface area contributed by atoms with Gasteiger partial charge in [0.05, 0.1) is 34.8 Å². The molecule has 2 heterocycles. The first-order chi connectivity index (χ1) is 14.0. The summed E-state index contributed by atoms with van der Waals surface area (Å²) in [6.07, 6.45) is 1.81. The van der Waals surface area contributed by atoms with Crippen molar-refractivity contribution in [3.63, 3.8) is 0 Å². The van der Waals surface area contributed by atoms with Crippen LogP contribution < -0.4 is 5.73 Å². The Kier molecular flexibility index (Phi) is 6.86. The van der Waals surface area contributed by atoms with Gasteiger partial charge in [-0.25, -0.2) is 4.98 Å². The lowest BCUT2D eigenvalue weighted by Crippen LogP contribution is -2.47. The fourth-order valence-electron chi connectivity index (χ4n) is 3.79. The van der Waals surface area contributed by atoms with E-state index in [9.17, 15) is 4.79 Å². The van der Waals surface area contributed by atoms with Crippen molar-refractivity contribution >= 4 is 25.6 Å². The first kappa shape index (κ1) is 23.1. The monoisotopic (exact) mass is 445 g/mol. The van der Waals surface area contributed by atoms with Gasteiger partial charge in [0.1, 0.15) is 0 Å². The number of rotatable bonds is 7. The second-order valence-electron chi connectivity index (χ2n) is 9.77. The predicted molar refractivity (Wildman–Crippen MR) is 127 cm³/mol. The van der Waals surface area contributed by atoms with Gasteiger partial charge >= 0.3 is 0 Å². The second-order valence-corrected chi connectivity index (χ2v) is 15.4. The van der Waals surface area contributed by atoms with Gasteiger partial charge in [-0.1, -0.05) is 45.0 Å². The molecule has 1 saturated heterocycles. The van der Waals surface area contributed by atoms with Crippen molar-refractivity contribution < 1.29 is 9.22 Å². The Morgan fingerprint density at radius 1 is 1.33 bits per heavy atom. The summed E-state index contributed by atoms with van der Waals surface area (Å²) in [4.78, 5) is 19.9. The summed E-state index contributed by atoms with van der Waals surface area (Å²) in [5.74, 6) is -0.235. The molecule has 30 heavy (non-hydrogen) atoms. The maximum Gasteiger partial charge on any atom is 0.234 e. The van der Waals surface area contributed by atoms with Gasteiger partial charge in [-0.2, -0.15) is 0 Å². The number of benzene rings is 1. The van der Waals surface area contributed by atoms with Crippen LogP contribution in [0.5, 0.6) is 0 Å². The molecule has 0 aliphatic carbocycles. The molecule has 1 aliphatic heterocycles. The summed E-state index contributed by atoms with van der Waals surface area (Å²) >= 11 is 1.66. The predicted octanol–water partition coefficient (Wildman–Crippen LogP) is 5.13. The molecular weight excluding hydrogens is 410 g/mol. The van der Waals surface area contributed by atoms with Gasteiger partial charge in [0.2, 0.25) is 5.91 Å². The van der Waals surface area contributed by atoms with E-state index in [1.807, 2.05) is 12.4 Å². The third-order valence-electron chi connectivity index (χ3n) is 6.73. The van der Waals surface area contributed by atoms with Gasteiger partial charge in [-0.3, -0.25) is 9.69 Å². The number of nitrogens with two attached hydrogens (primary N) is 1. The van der Waals surface area contributed by atoms with Crippen molar-refractivity contribution in [2.45, 2.75) is 70.8 Å². The number of hydrogen-bond donors (Lipinski definition) is 1. The van der Waals surface area contributed by atoms with Crippen molar-refractivity contribution in [1.82, 2.24) is 9.88 Å². The van der Waals surface area contributed by atoms with Crippen LogP contribution in [0.25, 0.3) is 10.4 Å². The molecule has 5 nitrogen and oxygen atoms in total. The van der Waals surface area contributed by atoms with Gasteiger partial charge in [0.15, 0.2) is 8.32 Å². The number of thiazole rings is 1. The Labute approximate surface area is 185 Å². The Bertz CT molecular complexity index is 873. The highest BCUT2D eigenvalue weighted by Crippen LogP contribution is 2.39. The zero-order chi connectivity index (χ0) is 22.1. The molecule has 1 aromatic heterocycles. The zero-order valence-corrected chi connectivity index (χ0v) is 20.9. The number of likely N-dealkylation sites (tertiary alicyclic amines) is 1. The molecule has 2 aromatic rings. The minimum absolute atomic E-state index is 0.0238. The molecule has 0 radical (unpaired) electrons. The SMILES string of the molecule is Cc1ncsc1-c1ccc([C@H](CO[Si](C)(C)C(C)(C)C)N2CCCC2C(N)=O)cc1. The van der Waals surface area contributed by atoms with Crippen LogP contribution in [0, 0.1) is 6.92 Å². The van der Waals surface area contributed by atoms with E-state index >= 15 is 0 Å². The molecule has 1 aliphatic rings. The van der Waals surface area contributed by atoms with Gasteiger partial charge in [0.25, 0.3) is 0 Å². The highest BCUT2D eigenvalue weighted by Gasteiger charge is 2.40. The molecule has 164 valence electrons. The third-order valence-corrected chi connectivity index (χ3v) is 12.2. The molecule has 7 heteroatoms. The molecule has 1 amide bonds. The van der Waals surface area contributed by atoms with Crippen LogP contribution in [0.4, 0.5) is 0 Å². The van der Waals surface area contributed by atoms with Crippen LogP contribution >= 0.6 is 11.3 Å². The highest BCUT2D eigenvalue weighted by molar-refractivity contribution is 7.13. The summed E-state index contributed by atoms with van der Waals surface area (Å²) in [6.45, 7) is 14.8. The number of aromatic nitrogens is 1. The Balaban J connectivity index is 1.89. The maximum absolute atomic E-state index is 12.1. The van der Waals surface area contributed by atoms with Crippen LogP contribution in [0.15, 0.2) is 29.8 Å². The molecule has 0 bridgehead atoms. The molecule has 1 fully saturated rings. The van der Waals surface area contributed by atoms with E-state index in [1.165, 1.54) is 16.0 Å². The van der Waals surface area contributed by atoms with Gasteiger partial charge in [-0.15, -0.1) is 11.3 Å². The first-order valence-electron chi connectivity index (χ1n) is 10.7. The molecule has 1 aromatic carbocycles. The quantitative estimate of drug-likeness (QED) is 0.600. The van der Waals surface area contributed by atoms with E-state index in [4.69, 9.17) is 10.2 Å². The Morgan fingerprint density at radius 2 is 2.00 bits per heavy atom. The van der Waals surface area contributed by atoms with Gasteiger partial charge < -0.3 is 10.2 Å².